The Morgan fingerprint density at radius 2 is 2.09 bits per heavy atom. The van der Waals surface area contributed by atoms with Crippen molar-refractivity contribution in [2.24, 2.45) is 0 Å². The fraction of sp³-hybridized carbons (Fsp3) is 0.350. The van der Waals surface area contributed by atoms with Gasteiger partial charge in [-0.25, -0.2) is 9.38 Å². The first-order valence-electron chi connectivity index (χ1n) is 10.4. The van der Waals surface area contributed by atoms with Gasteiger partial charge in [0.2, 0.25) is 5.78 Å². The standard InChI is InChI=1S/C20H20N5O7PS/c1-9-3-5-10(6-4-9)11-7-24-17(27)13-16(23-19(24)21-11)25(20(22-13)34-2)18-14(26)15-12(31-18)8-30-33(28,29)32-15/h3-7,12,14-15,18,26H,8H2,1-2H3,(H,21,23)(H,28,29)/t12?,14?,15-,18-/m1/s1. The van der Waals surface area contributed by atoms with E-state index < -0.39 is 37.9 Å². The van der Waals surface area contributed by atoms with E-state index in [1.165, 1.54) is 20.7 Å². The van der Waals surface area contributed by atoms with Gasteiger partial charge in [-0.2, -0.15) is 4.98 Å². The number of aliphatic hydroxyl groups excluding tert-OH is 1. The fourth-order valence-electron chi connectivity index (χ4n) is 4.30. The number of phosphoric ester groups is 1. The van der Waals surface area contributed by atoms with E-state index >= 15 is 0 Å². The number of thioether (sulfide) groups is 1. The molecule has 0 bridgehead atoms. The molecule has 5 atom stereocenters. The van der Waals surface area contributed by atoms with Crippen molar-refractivity contribution in [3.05, 3.63) is 46.4 Å². The van der Waals surface area contributed by atoms with Gasteiger partial charge in [0.05, 0.1) is 12.3 Å². The van der Waals surface area contributed by atoms with Crippen LogP contribution in [0.5, 0.6) is 0 Å². The highest BCUT2D eigenvalue weighted by atomic mass is 32.2. The number of imidazole rings is 2. The molecule has 2 N–H and O–H groups in total. The Morgan fingerprint density at radius 3 is 2.82 bits per heavy atom. The van der Waals surface area contributed by atoms with Gasteiger partial charge >= 0.3 is 1.43 Å². The van der Waals surface area contributed by atoms with Gasteiger partial charge in [-0.1, -0.05) is 41.6 Å². The molecule has 5 heterocycles. The van der Waals surface area contributed by atoms with E-state index in [1.807, 2.05) is 31.2 Å². The molecule has 2 aliphatic heterocycles. The lowest BCUT2D eigenvalue weighted by Crippen LogP contribution is -2.41. The minimum Gasteiger partial charge on any atom is -0.756 e. The number of nitrogens with one attached hydrogen (secondary N) is 1. The molecule has 4 aromatic rings. The van der Waals surface area contributed by atoms with Crippen LogP contribution in [0.3, 0.4) is 0 Å². The maximum absolute atomic E-state index is 13.3. The van der Waals surface area contributed by atoms with Gasteiger partial charge in [0.15, 0.2) is 22.5 Å². The quantitative estimate of drug-likeness (QED) is 0.308. The molecule has 2 fully saturated rings. The SMILES string of the molecule is CSc1nc2c(=O)n3cc(-c4ccc(C)cc4)[nH]c3nc2n1[C@@H]1OC2COP(=O)([O-])O[C@H]2C1O.[H+]. The number of aliphatic hydroxyl groups is 1. The summed E-state index contributed by atoms with van der Waals surface area (Å²) in [6.45, 7) is 1.71. The summed E-state index contributed by atoms with van der Waals surface area (Å²) in [6.07, 6.45) is -0.962. The Bertz CT molecular complexity index is 1540. The fourth-order valence-corrected chi connectivity index (χ4v) is 5.82. The topological polar surface area (TPSA) is 156 Å². The van der Waals surface area contributed by atoms with Crippen molar-refractivity contribution < 1.29 is 29.8 Å². The summed E-state index contributed by atoms with van der Waals surface area (Å²) in [7, 11) is -4.53. The summed E-state index contributed by atoms with van der Waals surface area (Å²) in [5.41, 5.74) is 2.60. The molecular formula is C20H20N5O7PS. The minimum atomic E-state index is -4.53. The lowest BCUT2D eigenvalue weighted by Gasteiger charge is -2.34. The molecule has 1 aromatic carbocycles. The maximum Gasteiger partial charge on any atom is 1.00 e. The third-order valence-electron chi connectivity index (χ3n) is 5.98. The summed E-state index contributed by atoms with van der Waals surface area (Å²) < 4.78 is 30.2. The monoisotopic (exact) mass is 505 g/mol. The first-order chi connectivity index (χ1) is 16.3. The predicted molar refractivity (Wildman–Crippen MR) is 121 cm³/mol. The molecule has 3 aromatic heterocycles. The molecule has 0 saturated carbocycles. The number of hydrogen-bond donors (Lipinski definition) is 2. The van der Waals surface area contributed by atoms with Crippen molar-refractivity contribution in [1.82, 2.24) is 23.9 Å². The highest BCUT2D eigenvalue weighted by Crippen LogP contribution is 2.50. The smallest absolute Gasteiger partial charge is 0.756 e. The average molecular weight is 505 g/mol. The number of aromatic amines is 1. The van der Waals surface area contributed by atoms with Crippen LogP contribution in [0.4, 0.5) is 0 Å². The number of phosphoric acid groups is 1. The Morgan fingerprint density at radius 1 is 1.32 bits per heavy atom. The number of aryl methyl sites for hydroxylation is 1. The normalized spacial score (nSPS) is 29.2. The Labute approximate surface area is 197 Å². The van der Waals surface area contributed by atoms with Crippen molar-refractivity contribution in [2.75, 3.05) is 12.9 Å². The van der Waals surface area contributed by atoms with Crippen LogP contribution in [-0.2, 0) is 18.3 Å². The molecule has 34 heavy (non-hydrogen) atoms. The number of hydrogen-bond acceptors (Lipinski definition) is 10. The molecule has 0 aliphatic carbocycles. The minimum absolute atomic E-state index is 0. The van der Waals surface area contributed by atoms with Crippen LogP contribution in [0, 0.1) is 6.92 Å². The van der Waals surface area contributed by atoms with E-state index in [0.717, 1.165) is 11.1 Å². The van der Waals surface area contributed by atoms with Crippen LogP contribution >= 0.6 is 19.6 Å². The highest BCUT2D eigenvalue weighted by Gasteiger charge is 2.51. The van der Waals surface area contributed by atoms with Crippen molar-refractivity contribution in [2.45, 2.75) is 36.6 Å². The number of aromatic nitrogens is 5. The second kappa shape index (κ2) is 7.75. The van der Waals surface area contributed by atoms with E-state index in [9.17, 15) is 19.4 Å². The molecule has 2 saturated heterocycles. The number of H-pyrrole nitrogens is 1. The number of rotatable bonds is 3. The second-order valence-electron chi connectivity index (χ2n) is 8.15. The Hall–Kier alpha value is -2.51. The van der Waals surface area contributed by atoms with Crippen LogP contribution in [-0.4, -0.2) is 60.2 Å². The summed E-state index contributed by atoms with van der Waals surface area (Å²) in [4.78, 5) is 37.2. The van der Waals surface area contributed by atoms with Gasteiger partial charge in [-0.05, 0) is 18.7 Å². The number of ether oxygens (including phenoxy) is 1. The summed E-state index contributed by atoms with van der Waals surface area (Å²) in [5, 5.41) is 11.3. The van der Waals surface area contributed by atoms with E-state index in [2.05, 4.69) is 15.0 Å². The third kappa shape index (κ3) is 3.35. The van der Waals surface area contributed by atoms with Gasteiger partial charge in [-0.3, -0.25) is 13.9 Å². The van der Waals surface area contributed by atoms with Crippen LogP contribution in [0.1, 0.15) is 13.2 Å². The zero-order valence-corrected chi connectivity index (χ0v) is 19.7. The van der Waals surface area contributed by atoms with Gasteiger partial charge in [-0.15, -0.1) is 0 Å². The van der Waals surface area contributed by atoms with Gasteiger partial charge < -0.3 is 28.8 Å². The molecule has 0 radical (unpaired) electrons. The first-order valence-corrected chi connectivity index (χ1v) is 13.1. The molecule has 0 spiro atoms. The zero-order chi connectivity index (χ0) is 23.8. The molecule has 12 nitrogen and oxygen atoms in total. The third-order valence-corrected chi connectivity index (χ3v) is 7.60. The molecule has 6 rings (SSSR count). The lowest BCUT2D eigenvalue weighted by atomic mass is 10.1. The number of nitrogens with zero attached hydrogens (tertiary/aromatic N) is 4. The lowest BCUT2D eigenvalue weighted by molar-refractivity contribution is -0.245. The van der Waals surface area contributed by atoms with Crippen LogP contribution in [0.2, 0.25) is 0 Å². The largest absolute Gasteiger partial charge is 1.00 e. The second-order valence-corrected chi connectivity index (χ2v) is 10.3. The van der Waals surface area contributed by atoms with Crippen molar-refractivity contribution in [3.63, 3.8) is 0 Å². The van der Waals surface area contributed by atoms with E-state index in [0.29, 0.717) is 10.9 Å². The van der Waals surface area contributed by atoms with E-state index in [4.69, 9.17) is 13.8 Å². The molecule has 3 unspecified atom stereocenters. The molecule has 14 heteroatoms. The Balaban J connectivity index is 0.00000253. The molecule has 178 valence electrons. The molecule has 2 aliphatic rings. The van der Waals surface area contributed by atoms with Gasteiger partial charge in [0, 0.05) is 6.20 Å². The van der Waals surface area contributed by atoms with Gasteiger partial charge in [0.1, 0.15) is 18.3 Å². The average Bonchev–Trinajstić information content (AvgIpc) is 3.48. The summed E-state index contributed by atoms with van der Waals surface area (Å²) >= 11 is 1.24. The Kier molecular flexibility index (Phi) is 5.01. The summed E-state index contributed by atoms with van der Waals surface area (Å²) in [5.74, 6) is 0.287. The number of benzene rings is 1. The van der Waals surface area contributed by atoms with E-state index in [-0.39, 0.29) is 25.0 Å². The first kappa shape index (κ1) is 22.0. The van der Waals surface area contributed by atoms with Gasteiger partial charge in [0.25, 0.3) is 13.4 Å². The van der Waals surface area contributed by atoms with Crippen LogP contribution in [0.15, 0.2) is 40.4 Å². The summed E-state index contributed by atoms with van der Waals surface area (Å²) in [6, 6.07) is 7.82. The van der Waals surface area contributed by atoms with Crippen molar-refractivity contribution in [3.8, 4) is 11.3 Å². The molecule has 0 amide bonds. The number of fused-ring (bicyclic) bond motifs is 3. The van der Waals surface area contributed by atoms with Crippen LogP contribution < -0.4 is 10.5 Å². The zero-order valence-electron chi connectivity index (χ0n) is 18.9. The van der Waals surface area contributed by atoms with Crippen molar-refractivity contribution in [1.29, 1.82) is 0 Å². The highest BCUT2D eigenvalue weighted by molar-refractivity contribution is 7.98. The van der Waals surface area contributed by atoms with E-state index in [1.54, 1.807) is 12.5 Å². The molecular weight excluding hydrogens is 485 g/mol. The maximum atomic E-state index is 13.3. The van der Waals surface area contributed by atoms with Crippen LogP contribution in [0.25, 0.3) is 28.2 Å². The predicted octanol–water partition coefficient (Wildman–Crippen LogP) is 1.32. The van der Waals surface area contributed by atoms with Crippen molar-refractivity contribution >= 4 is 36.5 Å².